The van der Waals surface area contributed by atoms with Gasteiger partial charge in [-0.2, -0.15) is 0 Å². The molecule has 0 saturated carbocycles. The van der Waals surface area contributed by atoms with Crippen LogP contribution < -0.4 is 10.1 Å². The summed E-state index contributed by atoms with van der Waals surface area (Å²) >= 11 is 3.26. The molecule has 0 saturated heterocycles. The second kappa shape index (κ2) is 8.01. The molecule has 1 N–H and O–H groups in total. The van der Waals surface area contributed by atoms with Gasteiger partial charge in [-0.05, 0) is 50.2 Å². The summed E-state index contributed by atoms with van der Waals surface area (Å²) < 4.78 is 30.2. The second-order valence-electron chi connectivity index (χ2n) is 5.89. The predicted molar refractivity (Wildman–Crippen MR) is 100 cm³/mol. The van der Waals surface area contributed by atoms with E-state index in [1.807, 2.05) is 30.3 Å². The number of hydrogen-bond acceptors (Lipinski definition) is 4. The van der Waals surface area contributed by atoms with Gasteiger partial charge in [-0.1, -0.05) is 34.1 Å². The second-order valence-corrected chi connectivity index (χ2v) is 9.30. The largest absolute Gasteiger partial charge is 0.492 e. The molecule has 25 heavy (non-hydrogen) atoms. The molecule has 0 spiro atoms. The van der Waals surface area contributed by atoms with Crippen molar-refractivity contribution in [1.29, 1.82) is 0 Å². The van der Waals surface area contributed by atoms with Crippen LogP contribution in [-0.4, -0.2) is 32.2 Å². The number of benzene rings is 2. The summed E-state index contributed by atoms with van der Waals surface area (Å²) in [6.45, 7) is 3.27. The van der Waals surface area contributed by atoms with Gasteiger partial charge < -0.3 is 10.1 Å². The van der Waals surface area contributed by atoms with Crippen molar-refractivity contribution >= 4 is 31.7 Å². The molecule has 7 heteroatoms. The van der Waals surface area contributed by atoms with E-state index in [1.54, 1.807) is 12.1 Å². The first-order valence-corrected chi connectivity index (χ1v) is 9.99. The summed E-state index contributed by atoms with van der Waals surface area (Å²) in [6.07, 6.45) is 0. The van der Waals surface area contributed by atoms with Gasteiger partial charge in [0.25, 0.3) is 0 Å². The summed E-state index contributed by atoms with van der Waals surface area (Å²) in [6, 6.07) is 15.4. The molecule has 2 aromatic rings. The Labute approximate surface area is 156 Å². The number of carbonyl (C=O) groups excluding carboxylic acids is 1. The number of halogens is 1. The fraction of sp³-hybridized carbons (Fsp3) is 0.278. The van der Waals surface area contributed by atoms with Crippen LogP contribution in [-0.2, 0) is 14.6 Å². The maximum Gasteiger partial charge on any atom is 0.241 e. The SMILES string of the molecule is CC(C)(C(=O)NCCOc1ccccc1)S(=O)(=O)c1ccc(Br)cc1. The zero-order chi connectivity index (χ0) is 18.5. The van der Waals surface area contributed by atoms with E-state index in [0.29, 0.717) is 5.75 Å². The summed E-state index contributed by atoms with van der Waals surface area (Å²) in [5, 5.41) is 2.63. The Bertz CT molecular complexity index is 818. The molecule has 0 aliphatic rings. The van der Waals surface area contributed by atoms with E-state index >= 15 is 0 Å². The van der Waals surface area contributed by atoms with E-state index in [0.717, 1.165) is 4.47 Å². The first kappa shape index (κ1) is 19.5. The lowest BCUT2D eigenvalue weighted by Gasteiger charge is -2.24. The van der Waals surface area contributed by atoms with Gasteiger partial charge in [0.1, 0.15) is 17.1 Å². The van der Waals surface area contributed by atoms with E-state index < -0.39 is 20.5 Å². The Balaban J connectivity index is 1.98. The highest BCUT2D eigenvalue weighted by Gasteiger charge is 2.42. The van der Waals surface area contributed by atoms with Crippen LogP contribution in [0.2, 0.25) is 0 Å². The van der Waals surface area contributed by atoms with Crippen molar-refractivity contribution in [1.82, 2.24) is 5.32 Å². The minimum Gasteiger partial charge on any atom is -0.492 e. The molecule has 0 unspecified atom stereocenters. The van der Waals surface area contributed by atoms with Crippen molar-refractivity contribution in [3.63, 3.8) is 0 Å². The molecule has 0 heterocycles. The molecule has 0 bridgehead atoms. The molecule has 0 aliphatic heterocycles. The lowest BCUT2D eigenvalue weighted by atomic mass is 10.2. The number of nitrogens with one attached hydrogen (secondary N) is 1. The fourth-order valence-electron chi connectivity index (χ4n) is 2.09. The maximum absolute atomic E-state index is 12.8. The number of amides is 1. The number of para-hydroxylation sites is 1. The van der Waals surface area contributed by atoms with Crippen LogP contribution in [0.1, 0.15) is 13.8 Å². The summed E-state index contributed by atoms with van der Waals surface area (Å²) in [5.74, 6) is 0.130. The highest BCUT2D eigenvalue weighted by atomic mass is 79.9. The third kappa shape index (κ3) is 4.61. The molecular weight excluding hydrogens is 406 g/mol. The Kier molecular flexibility index (Phi) is 6.24. The van der Waals surface area contributed by atoms with Crippen LogP contribution in [0, 0.1) is 0 Å². The maximum atomic E-state index is 12.8. The van der Waals surface area contributed by atoms with Crippen LogP contribution in [0.4, 0.5) is 0 Å². The molecule has 0 radical (unpaired) electrons. The van der Waals surface area contributed by atoms with E-state index in [1.165, 1.54) is 26.0 Å². The van der Waals surface area contributed by atoms with Gasteiger partial charge in [0.05, 0.1) is 11.4 Å². The molecular formula is C18H20BrNO4S. The molecule has 1 amide bonds. The van der Waals surface area contributed by atoms with Crippen LogP contribution in [0.5, 0.6) is 5.75 Å². The number of rotatable bonds is 7. The molecule has 5 nitrogen and oxygen atoms in total. The molecule has 0 atom stereocenters. The number of ether oxygens (including phenoxy) is 1. The standard InChI is InChI=1S/C18H20BrNO4S/c1-18(2,25(22,23)16-10-8-14(19)9-11-16)17(21)20-12-13-24-15-6-4-3-5-7-15/h3-11H,12-13H2,1-2H3,(H,20,21). The minimum atomic E-state index is -3.82. The Morgan fingerprint density at radius 1 is 1.08 bits per heavy atom. The van der Waals surface area contributed by atoms with Gasteiger partial charge in [-0.3, -0.25) is 4.79 Å². The lowest BCUT2D eigenvalue weighted by Crippen LogP contribution is -2.48. The van der Waals surface area contributed by atoms with Gasteiger partial charge in [-0.25, -0.2) is 8.42 Å². The predicted octanol–water partition coefficient (Wildman–Crippen LogP) is 3.20. The topological polar surface area (TPSA) is 72.5 Å². The molecule has 2 rings (SSSR count). The average Bonchev–Trinajstić information content (AvgIpc) is 2.59. The van der Waals surface area contributed by atoms with Crippen LogP contribution in [0.25, 0.3) is 0 Å². The van der Waals surface area contributed by atoms with Crippen LogP contribution >= 0.6 is 15.9 Å². The van der Waals surface area contributed by atoms with Crippen molar-refractivity contribution in [2.45, 2.75) is 23.5 Å². The van der Waals surface area contributed by atoms with E-state index in [4.69, 9.17) is 4.74 Å². The quantitative estimate of drug-likeness (QED) is 0.691. The van der Waals surface area contributed by atoms with Gasteiger partial charge in [0, 0.05) is 4.47 Å². The highest BCUT2D eigenvalue weighted by Crippen LogP contribution is 2.26. The normalized spacial score (nSPS) is 11.8. The molecule has 134 valence electrons. The Morgan fingerprint density at radius 2 is 1.68 bits per heavy atom. The van der Waals surface area contributed by atoms with Gasteiger partial charge in [0.15, 0.2) is 9.84 Å². The van der Waals surface area contributed by atoms with Crippen LogP contribution in [0.3, 0.4) is 0 Å². The molecule has 0 aromatic heterocycles. The Morgan fingerprint density at radius 3 is 2.28 bits per heavy atom. The molecule has 0 aliphatic carbocycles. The van der Waals surface area contributed by atoms with Crippen molar-refractivity contribution in [3.05, 3.63) is 59.1 Å². The molecule has 2 aromatic carbocycles. The molecule has 0 fully saturated rings. The number of sulfone groups is 1. The number of carbonyl (C=O) groups is 1. The monoisotopic (exact) mass is 425 g/mol. The van der Waals surface area contributed by atoms with Gasteiger partial charge in [0.2, 0.25) is 5.91 Å². The highest BCUT2D eigenvalue weighted by molar-refractivity contribution is 9.10. The summed E-state index contributed by atoms with van der Waals surface area (Å²) in [4.78, 5) is 12.5. The van der Waals surface area contributed by atoms with E-state index in [9.17, 15) is 13.2 Å². The third-order valence-electron chi connectivity index (χ3n) is 3.74. The smallest absolute Gasteiger partial charge is 0.241 e. The van der Waals surface area contributed by atoms with E-state index in [-0.39, 0.29) is 18.0 Å². The van der Waals surface area contributed by atoms with Crippen LogP contribution in [0.15, 0.2) is 64.0 Å². The van der Waals surface area contributed by atoms with Crippen molar-refractivity contribution in [3.8, 4) is 5.75 Å². The number of hydrogen-bond donors (Lipinski definition) is 1. The minimum absolute atomic E-state index is 0.108. The first-order valence-electron chi connectivity index (χ1n) is 7.71. The lowest BCUT2D eigenvalue weighted by molar-refractivity contribution is -0.122. The zero-order valence-corrected chi connectivity index (χ0v) is 16.4. The van der Waals surface area contributed by atoms with Crippen molar-refractivity contribution < 1.29 is 17.9 Å². The van der Waals surface area contributed by atoms with Crippen molar-refractivity contribution in [2.24, 2.45) is 0 Å². The first-order chi connectivity index (χ1) is 11.7. The fourth-order valence-corrected chi connectivity index (χ4v) is 3.76. The van der Waals surface area contributed by atoms with Crippen molar-refractivity contribution in [2.75, 3.05) is 13.2 Å². The van der Waals surface area contributed by atoms with Gasteiger partial charge in [-0.15, -0.1) is 0 Å². The summed E-state index contributed by atoms with van der Waals surface area (Å²) in [7, 11) is -3.82. The average molecular weight is 426 g/mol. The third-order valence-corrected chi connectivity index (χ3v) is 6.69. The Hall–Kier alpha value is -1.86. The van der Waals surface area contributed by atoms with E-state index in [2.05, 4.69) is 21.2 Å². The van der Waals surface area contributed by atoms with Gasteiger partial charge >= 0.3 is 0 Å². The summed E-state index contributed by atoms with van der Waals surface area (Å²) in [5.41, 5.74) is 0. The zero-order valence-electron chi connectivity index (χ0n) is 14.0.